The van der Waals surface area contributed by atoms with Crippen LogP contribution >= 0.6 is 17.0 Å². The summed E-state index contributed by atoms with van der Waals surface area (Å²) >= 11 is 0. The third-order valence-electron chi connectivity index (χ3n) is 4.06. The molecule has 0 saturated carbocycles. The van der Waals surface area contributed by atoms with Crippen molar-refractivity contribution in [2.45, 2.75) is 6.54 Å². The number of fused-ring (bicyclic) bond motifs is 3. The van der Waals surface area contributed by atoms with Crippen LogP contribution in [-0.2, 0) is 6.54 Å². The standard InChI is InChI=1S/C17H15N3O2.BrH/c21-16(22)13-7-5-12(6-8-13)11-20-15-4-2-1-3-14(15)19-10-9-18-17(19)20;/h1-8H,9-11H2,(H,21,22);1H. The molecule has 2 aliphatic rings. The van der Waals surface area contributed by atoms with Gasteiger partial charge in [0.05, 0.1) is 30.0 Å². The summed E-state index contributed by atoms with van der Waals surface area (Å²) in [5.41, 5.74) is 3.73. The lowest BCUT2D eigenvalue weighted by atomic mass is 10.1. The molecule has 0 amide bonds. The fourth-order valence-corrected chi connectivity index (χ4v) is 3.01. The fraction of sp³-hybridized carbons (Fsp3) is 0.176. The van der Waals surface area contributed by atoms with Crippen molar-refractivity contribution in [2.75, 3.05) is 22.9 Å². The number of aromatic carboxylic acids is 1. The van der Waals surface area contributed by atoms with Gasteiger partial charge in [0.1, 0.15) is 0 Å². The van der Waals surface area contributed by atoms with Crippen molar-refractivity contribution in [2.24, 2.45) is 4.99 Å². The highest BCUT2D eigenvalue weighted by atomic mass is 79.9. The van der Waals surface area contributed by atoms with E-state index in [2.05, 4.69) is 26.9 Å². The first-order valence-corrected chi connectivity index (χ1v) is 7.25. The molecule has 0 spiro atoms. The van der Waals surface area contributed by atoms with Gasteiger partial charge in [0.2, 0.25) is 5.96 Å². The normalized spacial score (nSPS) is 14.9. The van der Waals surface area contributed by atoms with Gasteiger partial charge in [-0.05, 0) is 29.8 Å². The van der Waals surface area contributed by atoms with Gasteiger partial charge < -0.3 is 14.9 Å². The van der Waals surface area contributed by atoms with Crippen molar-refractivity contribution in [1.29, 1.82) is 0 Å². The zero-order valence-electron chi connectivity index (χ0n) is 12.3. The van der Waals surface area contributed by atoms with Crippen LogP contribution in [0.2, 0.25) is 0 Å². The summed E-state index contributed by atoms with van der Waals surface area (Å²) in [5.74, 6) is 0.0907. The molecule has 23 heavy (non-hydrogen) atoms. The van der Waals surface area contributed by atoms with Gasteiger partial charge in [0.25, 0.3) is 0 Å². The molecule has 4 rings (SSSR count). The molecule has 0 aromatic heterocycles. The average Bonchev–Trinajstić information content (AvgIpc) is 3.11. The molecule has 2 aromatic carbocycles. The number of rotatable bonds is 3. The Morgan fingerprint density at radius 1 is 1.09 bits per heavy atom. The van der Waals surface area contributed by atoms with Crippen molar-refractivity contribution in [3.8, 4) is 0 Å². The van der Waals surface area contributed by atoms with Crippen LogP contribution in [0.4, 0.5) is 11.4 Å². The molecule has 0 aliphatic carbocycles. The van der Waals surface area contributed by atoms with E-state index in [0.29, 0.717) is 12.1 Å². The lowest BCUT2D eigenvalue weighted by Gasteiger charge is -2.19. The number of aliphatic imine (C=N–C) groups is 1. The van der Waals surface area contributed by atoms with E-state index in [9.17, 15) is 4.79 Å². The Bertz CT molecular complexity index is 774. The van der Waals surface area contributed by atoms with Crippen LogP contribution in [0.3, 0.4) is 0 Å². The zero-order chi connectivity index (χ0) is 15.1. The van der Waals surface area contributed by atoms with E-state index in [4.69, 9.17) is 5.11 Å². The predicted octanol–water partition coefficient (Wildman–Crippen LogP) is 3.16. The molecule has 118 valence electrons. The number of carbonyl (C=O) groups is 1. The molecule has 2 aliphatic heterocycles. The monoisotopic (exact) mass is 373 g/mol. The van der Waals surface area contributed by atoms with Gasteiger partial charge in [-0.25, -0.2) is 4.79 Å². The topological polar surface area (TPSA) is 56.1 Å². The molecular weight excluding hydrogens is 358 g/mol. The maximum Gasteiger partial charge on any atom is 0.335 e. The Balaban J connectivity index is 0.00000156. The first kappa shape index (κ1) is 15.6. The summed E-state index contributed by atoms with van der Waals surface area (Å²) < 4.78 is 0. The van der Waals surface area contributed by atoms with E-state index in [1.54, 1.807) is 12.1 Å². The van der Waals surface area contributed by atoms with Crippen LogP contribution in [0, 0.1) is 0 Å². The minimum atomic E-state index is -0.899. The highest BCUT2D eigenvalue weighted by molar-refractivity contribution is 8.93. The quantitative estimate of drug-likeness (QED) is 0.897. The van der Waals surface area contributed by atoms with Crippen molar-refractivity contribution in [3.05, 3.63) is 59.7 Å². The number of guanidine groups is 1. The summed E-state index contributed by atoms with van der Waals surface area (Å²) in [4.78, 5) is 20.0. The maximum absolute atomic E-state index is 10.9. The van der Waals surface area contributed by atoms with E-state index < -0.39 is 5.97 Å². The summed E-state index contributed by atoms with van der Waals surface area (Å²) in [6.45, 7) is 2.42. The Morgan fingerprint density at radius 2 is 1.78 bits per heavy atom. The summed E-state index contributed by atoms with van der Waals surface area (Å²) in [7, 11) is 0. The third kappa shape index (κ3) is 2.59. The lowest BCUT2D eigenvalue weighted by molar-refractivity contribution is 0.0697. The summed E-state index contributed by atoms with van der Waals surface area (Å²) in [6.07, 6.45) is 0. The molecule has 2 heterocycles. The number of carboxylic acid groups (broad SMARTS) is 1. The summed E-state index contributed by atoms with van der Waals surface area (Å²) in [5, 5.41) is 8.98. The lowest BCUT2D eigenvalue weighted by Crippen LogP contribution is -2.34. The predicted molar refractivity (Wildman–Crippen MR) is 96.0 cm³/mol. The molecule has 0 radical (unpaired) electrons. The van der Waals surface area contributed by atoms with Crippen molar-refractivity contribution in [3.63, 3.8) is 0 Å². The average molecular weight is 374 g/mol. The van der Waals surface area contributed by atoms with Gasteiger partial charge in [-0.15, -0.1) is 17.0 Å². The number of carboxylic acids is 1. The van der Waals surface area contributed by atoms with Gasteiger partial charge in [-0.2, -0.15) is 0 Å². The van der Waals surface area contributed by atoms with Gasteiger partial charge in [0.15, 0.2) is 0 Å². The molecule has 0 atom stereocenters. The SMILES string of the molecule is Br.O=C(O)c1ccc(CN2C3=NCCN3c3ccccc32)cc1. The van der Waals surface area contributed by atoms with Crippen LogP contribution in [0.25, 0.3) is 0 Å². The smallest absolute Gasteiger partial charge is 0.335 e. The van der Waals surface area contributed by atoms with Gasteiger partial charge in [0, 0.05) is 6.54 Å². The van der Waals surface area contributed by atoms with E-state index in [1.807, 2.05) is 24.3 Å². The highest BCUT2D eigenvalue weighted by Crippen LogP contribution is 2.39. The fourth-order valence-electron chi connectivity index (χ4n) is 3.01. The highest BCUT2D eigenvalue weighted by Gasteiger charge is 2.34. The van der Waals surface area contributed by atoms with Gasteiger partial charge in [-0.3, -0.25) is 4.99 Å². The Hall–Kier alpha value is -2.34. The van der Waals surface area contributed by atoms with Gasteiger partial charge >= 0.3 is 5.97 Å². The van der Waals surface area contributed by atoms with Crippen molar-refractivity contribution >= 4 is 40.3 Å². The van der Waals surface area contributed by atoms with Crippen molar-refractivity contribution in [1.82, 2.24) is 0 Å². The number of hydrogen-bond donors (Lipinski definition) is 1. The van der Waals surface area contributed by atoms with Crippen LogP contribution in [0.5, 0.6) is 0 Å². The minimum absolute atomic E-state index is 0. The second-order valence-corrected chi connectivity index (χ2v) is 5.41. The second kappa shape index (κ2) is 6.04. The zero-order valence-corrected chi connectivity index (χ0v) is 14.1. The number of anilines is 2. The molecule has 1 N–H and O–H groups in total. The largest absolute Gasteiger partial charge is 0.478 e. The second-order valence-electron chi connectivity index (χ2n) is 5.41. The number of halogens is 1. The molecule has 0 fully saturated rings. The molecule has 2 aromatic rings. The number of para-hydroxylation sites is 2. The molecule has 6 heteroatoms. The van der Waals surface area contributed by atoms with Crippen LogP contribution in [0.15, 0.2) is 53.5 Å². The molecular formula is C17H16BrN3O2. The van der Waals surface area contributed by atoms with Crippen molar-refractivity contribution < 1.29 is 9.90 Å². The Kier molecular flexibility index (Phi) is 4.09. The Morgan fingerprint density at radius 3 is 2.48 bits per heavy atom. The van der Waals surface area contributed by atoms with E-state index >= 15 is 0 Å². The van der Waals surface area contributed by atoms with Crippen LogP contribution < -0.4 is 9.80 Å². The van der Waals surface area contributed by atoms with E-state index in [-0.39, 0.29) is 17.0 Å². The minimum Gasteiger partial charge on any atom is -0.478 e. The van der Waals surface area contributed by atoms with Gasteiger partial charge in [-0.1, -0.05) is 24.3 Å². The summed E-state index contributed by atoms with van der Waals surface area (Å²) in [6, 6.07) is 15.3. The molecule has 0 unspecified atom stereocenters. The maximum atomic E-state index is 10.9. The molecule has 5 nitrogen and oxygen atoms in total. The van der Waals surface area contributed by atoms with Crippen LogP contribution in [0.1, 0.15) is 15.9 Å². The number of benzene rings is 2. The van der Waals surface area contributed by atoms with E-state index in [1.165, 1.54) is 5.69 Å². The van der Waals surface area contributed by atoms with Crippen LogP contribution in [-0.4, -0.2) is 30.1 Å². The van der Waals surface area contributed by atoms with E-state index in [0.717, 1.165) is 30.3 Å². The Labute approximate surface area is 144 Å². The third-order valence-corrected chi connectivity index (χ3v) is 4.06. The number of hydrogen-bond acceptors (Lipinski definition) is 4. The number of nitrogens with zero attached hydrogens (tertiary/aromatic N) is 3. The molecule has 0 bridgehead atoms. The first-order valence-electron chi connectivity index (χ1n) is 7.25. The molecule has 0 saturated heterocycles. The first-order chi connectivity index (χ1) is 10.7.